The van der Waals surface area contributed by atoms with E-state index >= 15 is 0 Å². The van der Waals surface area contributed by atoms with Gasteiger partial charge < -0.3 is 5.32 Å². The lowest BCUT2D eigenvalue weighted by molar-refractivity contribution is -0.136. The lowest BCUT2D eigenvalue weighted by atomic mass is 9.96. The summed E-state index contributed by atoms with van der Waals surface area (Å²) in [6.07, 6.45) is 0. The van der Waals surface area contributed by atoms with Gasteiger partial charge in [-0.1, -0.05) is 22.0 Å². The molecule has 1 aromatic carbocycles. The average molecular weight is 325 g/mol. The molecule has 1 unspecified atom stereocenters. The maximum Gasteiger partial charge on any atom is 0.252 e. The highest BCUT2D eigenvalue weighted by molar-refractivity contribution is 9.10. The Kier molecular flexibility index (Phi) is 3.43. The van der Waals surface area contributed by atoms with Gasteiger partial charge >= 0.3 is 0 Å². The highest BCUT2D eigenvalue weighted by Gasteiger charge is 2.44. The fraction of sp³-hybridized carbons (Fsp3) is 0.429. The lowest BCUT2D eigenvalue weighted by Crippen LogP contribution is -2.67. The van der Waals surface area contributed by atoms with Crippen molar-refractivity contribution in [2.75, 3.05) is 4.90 Å². The van der Waals surface area contributed by atoms with Crippen LogP contribution in [0.3, 0.4) is 0 Å². The summed E-state index contributed by atoms with van der Waals surface area (Å²) in [5, 5.41) is 2.75. The van der Waals surface area contributed by atoms with E-state index in [2.05, 4.69) is 21.2 Å². The van der Waals surface area contributed by atoms with Gasteiger partial charge in [0, 0.05) is 10.2 Å². The first-order valence-corrected chi connectivity index (χ1v) is 6.96. The van der Waals surface area contributed by atoms with Crippen molar-refractivity contribution in [2.45, 2.75) is 39.3 Å². The molecule has 0 aliphatic carbocycles. The van der Waals surface area contributed by atoms with Crippen LogP contribution in [0, 0.1) is 6.92 Å². The molecule has 1 N–H and O–H groups in total. The Morgan fingerprint density at radius 2 is 1.95 bits per heavy atom. The molecule has 5 heteroatoms. The fourth-order valence-electron chi connectivity index (χ4n) is 2.24. The smallest absolute Gasteiger partial charge is 0.252 e. The molecule has 1 heterocycles. The Balaban J connectivity index is 2.55. The number of carbonyl (C=O) groups is 2. The van der Waals surface area contributed by atoms with Crippen LogP contribution >= 0.6 is 15.9 Å². The van der Waals surface area contributed by atoms with Gasteiger partial charge in [-0.25, -0.2) is 0 Å². The number of carbonyl (C=O) groups excluding carboxylic acids is 2. The summed E-state index contributed by atoms with van der Waals surface area (Å²) in [4.78, 5) is 26.2. The third-order valence-electron chi connectivity index (χ3n) is 3.45. The number of anilines is 1. The van der Waals surface area contributed by atoms with E-state index in [4.69, 9.17) is 0 Å². The molecule has 1 fully saturated rings. The normalized spacial score (nSPS) is 22.4. The summed E-state index contributed by atoms with van der Waals surface area (Å²) in [5.41, 5.74) is 0.848. The monoisotopic (exact) mass is 324 g/mol. The molecule has 0 saturated carbocycles. The third-order valence-corrected chi connectivity index (χ3v) is 4.31. The zero-order valence-corrected chi connectivity index (χ0v) is 13.0. The molecular weight excluding hydrogens is 308 g/mol. The Labute approximate surface area is 121 Å². The van der Waals surface area contributed by atoms with Crippen LogP contribution in [0.5, 0.6) is 0 Å². The minimum atomic E-state index is -0.877. The van der Waals surface area contributed by atoms with Crippen molar-refractivity contribution < 1.29 is 9.59 Å². The zero-order chi connectivity index (χ0) is 14.4. The van der Waals surface area contributed by atoms with Gasteiger partial charge in [0.2, 0.25) is 5.91 Å². The van der Waals surface area contributed by atoms with Gasteiger partial charge in [-0.15, -0.1) is 0 Å². The molecule has 1 saturated heterocycles. The first-order chi connectivity index (χ1) is 8.75. The Hall–Kier alpha value is -1.36. The topological polar surface area (TPSA) is 49.4 Å². The van der Waals surface area contributed by atoms with Crippen LogP contribution in [0.15, 0.2) is 22.7 Å². The third kappa shape index (κ3) is 2.27. The second-order valence-electron chi connectivity index (χ2n) is 5.35. The van der Waals surface area contributed by atoms with Crippen molar-refractivity contribution in [3.05, 3.63) is 28.2 Å². The van der Waals surface area contributed by atoms with Crippen molar-refractivity contribution in [3.63, 3.8) is 0 Å². The molecule has 19 heavy (non-hydrogen) atoms. The standard InChI is InChI=1S/C14H17BrN2O2/c1-8-10(15)6-5-7-11(8)17-9(2)12(18)16-14(3,4)13(17)19/h5-7,9H,1-4H3,(H,16,18). The first-order valence-electron chi connectivity index (χ1n) is 6.16. The SMILES string of the molecule is Cc1c(Br)cccc1N1C(=O)C(C)(C)NC(=O)C1C. The molecule has 2 rings (SSSR count). The van der Waals surface area contributed by atoms with E-state index in [-0.39, 0.29) is 11.8 Å². The molecule has 102 valence electrons. The molecule has 0 spiro atoms. The van der Waals surface area contributed by atoms with Crippen molar-refractivity contribution >= 4 is 33.4 Å². The summed E-state index contributed by atoms with van der Waals surface area (Å²) in [7, 11) is 0. The number of piperazine rings is 1. The molecule has 4 nitrogen and oxygen atoms in total. The summed E-state index contributed by atoms with van der Waals surface area (Å²) < 4.78 is 0.925. The summed E-state index contributed by atoms with van der Waals surface area (Å²) in [5.74, 6) is -0.232. The Bertz CT molecular complexity index is 554. The van der Waals surface area contributed by atoms with Crippen molar-refractivity contribution in [2.24, 2.45) is 0 Å². The van der Waals surface area contributed by atoms with Crippen LogP contribution in [0.4, 0.5) is 5.69 Å². The predicted molar refractivity (Wildman–Crippen MR) is 78.0 cm³/mol. The summed E-state index contributed by atoms with van der Waals surface area (Å²) >= 11 is 3.46. The van der Waals surface area contributed by atoms with Crippen LogP contribution in [0.1, 0.15) is 26.3 Å². The number of halogens is 1. The number of hydrogen-bond acceptors (Lipinski definition) is 2. The summed E-state index contributed by atoms with van der Waals surface area (Å²) in [6.45, 7) is 7.11. The van der Waals surface area contributed by atoms with Crippen molar-refractivity contribution in [3.8, 4) is 0 Å². The minimum absolute atomic E-state index is 0.0965. The fourth-order valence-corrected chi connectivity index (χ4v) is 2.59. The average Bonchev–Trinajstić information content (AvgIpc) is 2.32. The highest BCUT2D eigenvalue weighted by Crippen LogP contribution is 2.31. The van der Waals surface area contributed by atoms with Crippen molar-refractivity contribution in [1.82, 2.24) is 5.32 Å². The molecule has 0 aromatic heterocycles. The zero-order valence-electron chi connectivity index (χ0n) is 11.5. The first kappa shape index (κ1) is 14.1. The van der Waals surface area contributed by atoms with Gasteiger partial charge in [0.05, 0.1) is 0 Å². The van der Waals surface area contributed by atoms with Crippen LogP contribution in [-0.4, -0.2) is 23.4 Å². The van der Waals surface area contributed by atoms with Gasteiger partial charge in [-0.3, -0.25) is 14.5 Å². The predicted octanol–water partition coefficient (Wildman–Crippen LogP) is 2.39. The van der Waals surface area contributed by atoms with Gasteiger partial charge in [-0.2, -0.15) is 0 Å². The largest absolute Gasteiger partial charge is 0.340 e. The van der Waals surface area contributed by atoms with Crippen LogP contribution in [-0.2, 0) is 9.59 Å². The van der Waals surface area contributed by atoms with E-state index in [1.165, 1.54) is 0 Å². The van der Waals surface area contributed by atoms with Gasteiger partial charge in [-0.05, 0) is 45.4 Å². The van der Waals surface area contributed by atoms with Crippen LogP contribution < -0.4 is 10.2 Å². The summed E-state index contributed by atoms with van der Waals surface area (Å²) in [6, 6.07) is 5.15. The van der Waals surface area contributed by atoms with E-state index in [1.807, 2.05) is 25.1 Å². The molecule has 1 aliphatic rings. The van der Waals surface area contributed by atoms with E-state index in [0.29, 0.717) is 0 Å². The van der Waals surface area contributed by atoms with Crippen molar-refractivity contribution in [1.29, 1.82) is 0 Å². The number of amides is 2. The molecule has 1 aromatic rings. The van der Waals surface area contributed by atoms with Gasteiger partial charge in [0.15, 0.2) is 0 Å². The molecular formula is C14H17BrN2O2. The van der Waals surface area contributed by atoms with E-state index in [1.54, 1.807) is 25.7 Å². The molecule has 2 amide bonds. The maximum atomic E-state index is 12.6. The number of benzene rings is 1. The molecule has 1 atom stereocenters. The van der Waals surface area contributed by atoms with Gasteiger partial charge in [0.25, 0.3) is 5.91 Å². The second kappa shape index (κ2) is 4.63. The van der Waals surface area contributed by atoms with Crippen LogP contribution in [0.25, 0.3) is 0 Å². The molecule has 1 aliphatic heterocycles. The number of nitrogens with one attached hydrogen (secondary N) is 1. The van der Waals surface area contributed by atoms with Gasteiger partial charge in [0.1, 0.15) is 11.6 Å². The van der Waals surface area contributed by atoms with E-state index in [9.17, 15) is 9.59 Å². The lowest BCUT2D eigenvalue weighted by Gasteiger charge is -2.42. The minimum Gasteiger partial charge on any atom is -0.340 e. The molecule has 0 bridgehead atoms. The number of rotatable bonds is 1. The van der Waals surface area contributed by atoms with E-state index in [0.717, 1.165) is 15.7 Å². The Morgan fingerprint density at radius 3 is 2.58 bits per heavy atom. The quantitative estimate of drug-likeness (QED) is 0.862. The highest BCUT2D eigenvalue weighted by atomic mass is 79.9. The van der Waals surface area contributed by atoms with Crippen LogP contribution in [0.2, 0.25) is 0 Å². The van der Waals surface area contributed by atoms with E-state index < -0.39 is 11.6 Å². The second-order valence-corrected chi connectivity index (χ2v) is 6.20. The Morgan fingerprint density at radius 1 is 1.32 bits per heavy atom. The number of nitrogens with zero attached hydrogens (tertiary/aromatic N) is 1. The molecule has 0 radical (unpaired) electrons. The number of hydrogen-bond donors (Lipinski definition) is 1. The maximum absolute atomic E-state index is 12.6.